The Morgan fingerprint density at radius 1 is 1.24 bits per heavy atom. The Bertz CT molecular complexity index is 1560. The molecule has 2 N–H and O–H groups in total. The molecule has 1 aromatic heterocycles. The number of nitrogens with one attached hydrogen (secondary N) is 2. The smallest absolute Gasteiger partial charge is 0.307 e. The fraction of sp³-hybridized carbons (Fsp3) is 0.367. The molecule has 41 heavy (non-hydrogen) atoms. The molecule has 0 aliphatic carbocycles. The zero-order valence-corrected chi connectivity index (χ0v) is 24.1. The van der Waals surface area contributed by atoms with Crippen LogP contribution in [0.2, 0.25) is 5.02 Å². The predicted molar refractivity (Wildman–Crippen MR) is 151 cm³/mol. The van der Waals surface area contributed by atoms with Gasteiger partial charge in [0.25, 0.3) is 5.91 Å². The van der Waals surface area contributed by atoms with Crippen LogP contribution in [0.5, 0.6) is 17.2 Å². The lowest BCUT2D eigenvalue weighted by atomic mass is 9.84. The second kappa shape index (κ2) is 11.9. The number of halogens is 1. The highest BCUT2D eigenvalue weighted by Gasteiger charge is 2.46. The molecule has 0 radical (unpaired) electrons. The van der Waals surface area contributed by atoms with Crippen molar-refractivity contribution in [3.63, 3.8) is 0 Å². The molecule has 1 aliphatic rings. The van der Waals surface area contributed by atoms with E-state index in [1.165, 1.54) is 31.4 Å². The summed E-state index contributed by atoms with van der Waals surface area (Å²) in [6, 6.07) is 15.8. The van der Waals surface area contributed by atoms with Gasteiger partial charge in [-0.1, -0.05) is 17.7 Å². The third-order valence-corrected chi connectivity index (χ3v) is 7.33. The van der Waals surface area contributed by atoms with Gasteiger partial charge in [0.1, 0.15) is 6.04 Å². The van der Waals surface area contributed by atoms with E-state index in [2.05, 4.69) is 33.7 Å². The van der Waals surface area contributed by atoms with Gasteiger partial charge < -0.3 is 19.7 Å². The number of carbonyl (C=O) groups is 2. The topological polar surface area (TPSA) is 137 Å². The van der Waals surface area contributed by atoms with Gasteiger partial charge in [-0.3, -0.25) is 14.4 Å². The van der Waals surface area contributed by atoms with E-state index in [1.807, 2.05) is 0 Å². The molecule has 10 nitrogen and oxygen atoms in total. The van der Waals surface area contributed by atoms with E-state index in [-0.39, 0.29) is 40.8 Å². The van der Waals surface area contributed by atoms with Crippen molar-refractivity contribution in [3.05, 3.63) is 80.7 Å². The summed E-state index contributed by atoms with van der Waals surface area (Å²) >= 11 is 6.16. The number of methoxy groups -OCH3 is 1. The molecule has 0 saturated carbocycles. The summed E-state index contributed by atoms with van der Waals surface area (Å²) in [7, 11) is 1.41. The van der Waals surface area contributed by atoms with Gasteiger partial charge in [0.05, 0.1) is 41.4 Å². The number of amides is 2. The molecule has 11 heteroatoms. The van der Waals surface area contributed by atoms with Crippen molar-refractivity contribution >= 4 is 23.4 Å². The van der Waals surface area contributed by atoms with Gasteiger partial charge in [0.2, 0.25) is 5.91 Å². The largest absolute Gasteiger partial charge is 0.493 e. The fourth-order valence-electron chi connectivity index (χ4n) is 4.97. The highest BCUT2D eigenvalue weighted by Crippen LogP contribution is 2.43. The third kappa shape index (κ3) is 6.29. The zero-order chi connectivity index (χ0) is 29.9. The number of rotatable bonds is 8. The predicted octanol–water partition coefficient (Wildman–Crippen LogP) is 4.53. The first kappa shape index (κ1) is 29.4. The maximum atomic E-state index is 13.9. The lowest BCUT2D eigenvalue weighted by molar-refractivity contribution is -0.137. The number of aromatic amines is 1. The summed E-state index contributed by atoms with van der Waals surface area (Å²) in [5, 5.41) is 19.2. The van der Waals surface area contributed by atoms with Crippen LogP contribution in [0.25, 0.3) is 0 Å². The average Bonchev–Trinajstić information content (AvgIpc) is 3.41. The van der Waals surface area contributed by atoms with Crippen molar-refractivity contribution in [3.8, 4) is 23.3 Å². The maximum absolute atomic E-state index is 13.9. The number of likely N-dealkylation sites (tertiary alicyclic amines) is 1. The number of ether oxygens (including phenoxy) is 2. The second-order valence-electron chi connectivity index (χ2n) is 10.5. The first-order chi connectivity index (χ1) is 19.4. The molecule has 1 aliphatic heterocycles. The first-order valence-corrected chi connectivity index (χ1v) is 13.4. The standard InChI is InChI=1S/C30H30ClN5O5/c1-17-13-25(28(38)35-34-17)41-23-11-9-20(15-24(23)40-5)27(37)33-18(2)29(39)36-22(19-7-6-8-21(31)14-19)10-12-26(36)30(3,4)16-32/h7,9,11,13-15,18,22,26H,10,12H2,1-5H3,(H,33,37)(H,35,38)/t18-,22+,26-/m1/s1. The minimum atomic E-state index is -0.907. The quantitative estimate of drug-likeness (QED) is 0.402. The van der Waals surface area contributed by atoms with Crippen LogP contribution < -0.4 is 20.3 Å². The molecule has 212 valence electrons. The van der Waals surface area contributed by atoms with Gasteiger partial charge in [-0.2, -0.15) is 10.4 Å². The summed E-state index contributed by atoms with van der Waals surface area (Å²) in [6.45, 7) is 6.92. The third-order valence-electron chi connectivity index (χ3n) is 7.13. The van der Waals surface area contributed by atoms with Crippen LogP contribution in [0.15, 0.2) is 41.2 Å². The normalized spacial score (nSPS) is 17.2. The molecule has 1 fully saturated rings. The van der Waals surface area contributed by atoms with E-state index in [4.69, 9.17) is 21.1 Å². The van der Waals surface area contributed by atoms with Crippen molar-refractivity contribution < 1.29 is 19.1 Å². The van der Waals surface area contributed by atoms with E-state index in [0.717, 1.165) is 5.56 Å². The van der Waals surface area contributed by atoms with Gasteiger partial charge >= 0.3 is 5.56 Å². The van der Waals surface area contributed by atoms with Gasteiger partial charge in [-0.25, -0.2) is 5.10 Å². The average molecular weight is 576 g/mol. The van der Waals surface area contributed by atoms with Crippen LogP contribution in [0, 0.1) is 35.8 Å². The van der Waals surface area contributed by atoms with Crippen molar-refractivity contribution in [2.24, 2.45) is 5.41 Å². The molecule has 0 bridgehead atoms. The molecule has 0 unspecified atom stereocenters. The highest BCUT2D eigenvalue weighted by molar-refractivity contribution is 6.30. The van der Waals surface area contributed by atoms with E-state index >= 15 is 0 Å². The molecule has 3 atom stereocenters. The number of aromatic nitrogens is 2. The number of nitriles is 1. The summed E-state index contributed by atoms with van der Waals surface area (Å²) in [4.78, 5) is 40.8. The molecule has 2 aromatic carbocycles. The Morgan fingerprint density at radius 2 is 2.00 bits per heavy atom. The number of nitrogens with zero attached hydrogens (tertiary/aromatic N) is 3. The lowest BCUT2D eigenvalue weighted by Gasteiger charge is -2.38. The number of carbonyl (C=O) groups excluding carboxylic acids is 2. The summed E-state index contributed by atoms with van der Waals surface area (Å²) in [5.41, 5.74) is 0.237. The van der Waals surface area contributed by atoms with E-state index in [9.17, 15) is 19.6 Å². The van der Waals surface area contributed by atoms with Gasteiger partial charge in [0.15, 0.2) is 17.2 Å². The van der Waals surface area contributed by atoms with Crippen LogP contribution in [-0.4, -0.2) is 46.1 Å². The molecular weight excluding hydrogens is 546 g/mol. The van der Waals surface area contributed by atoms with E-state index in [0.29, 0.717) is 23.6 Å². The van der Waals surface area contributed by atoms with Crippen molar-refractivity contribution in [2.45, 2.75) is 58.7 Å². The maximum Gasteiger partial charge on any atom is 0.307 e. The number of H-pyrrole nitrogens is 1. The Labute approximate surface area is 243 Å². The van der Waals surface area contributed by atoms with Crippen molar-refractivity contribution in [2.75, 3.05) is 7.11 Å². The Balaban J connectivity index is 1.55. The van der Waals surface area contributed by atoms with Gasteiger partial charge in [0, 0.05) is 11.6 Å². The molecule has 0 spiro atoms. The number of benzene rings is 1. The van der Waals surface area contributed by atoms with Crippen molar-refractivity contribution in [1.82, 2.24) is 20.4 Å². The molecule has 4 rings (SSSR count). The molecule has 2 amide bonds. The van der Waals surface area contributed by atoms with Crippen LogP contribution in [0.1, 0.15) is 61.3 Å². The number of hydrogen-bond acceptors (Lipinski definition) is 7. The fourth-order valence-corrected chi connectivity index (χ4v) is 5.15. The highest BCUT2D eigenvalue weighted by atomic mass is 35.5. The van der Waals surface area contributed by atoms with Gasteiger partial charge in [-0.05, 0) is 82.5 Å². The van der Waals surface area contributed by atoms with Crippen LogP contribution >= 0.6 is 11.6 Å². The van der Waals surface area contributed by atoms with E-state index < -0.39 is 22.9 Å². The first-order valence-electron chi connectivity index (χ1n) is 13.0. The minimum absolute atomic E-state index is 0.0254. The molecule has 3 aromatic rings. The molecule has 1 saturated heterocycles. The SMILES string of the molecule is COc1cc(C(=O)N[C@H](C)C(=O)N2[C@H](c3cc#cc(Cl)c3)CC[C@@H]2C(C)(C)C#N)ccc1Oc1cc(C)n[nH]c1=O. The minimum Gasteiger partial charge on any atom is -0.493 e. The Morgan fingerprint density at radius 3 is 2.68 bits per heavy atom. The van der Waals surface area contributed by atoms with E-state index in [1.54, 1.807) is 44.7 Å². The summed E-state index contributed by atoms with van der Waals surface area (Å²) < 4.78 is 11.1. The number of hydrogen-bond donors (Lipinski definition) is 2. The lowest BCUT2D eigenvalue weighted by Crippen LogP contribution is -2.52. The molecule has 2 heterocycles. The summed E-state index contributed by atoms with van der Waals surface area (Å²) in [5.74, 6) is -0.364. The zero-order valence-electron chi connectivity index (χ0n) is 23.4. The van der Waals surface area contributed by atoms with Crippen molar-refractivity contribution in [1.29, 1.82) is 5.26 Å². The molecular formula is C30H30ClN5O5. The Hall–Kier alpha value is -4.54. The Kier molecular flexibility index (Phi) is 8.55. The summed E-state index contributed by atoms with van der Waals surface area (Å²) in [6.07, 6.45) is 1.25. The van der Waals surface area contributed by atoms with Crippen LogP contribution in [0.3, 0.4) is 0 Å². The van der Waals surface area contributed by atoms with Gasteiger partial charge in [-0.15, -0.1) is 0 Å². The van der Waals surface area contributed by atoms with Crippen LogP contribution in [0.4, 0.5) is 0 Å². The second-order valence-corrected chi connectivity index (χ2v) is 10.9. The monoisotopic (exact) mass is 575 g/mol. The number of aryl methyl sites for hydroxylation is 1. The van der Waals surface area contributed by atoms with Crippen LogP contribution in [-0.2, 0) is 4.79 Å².